The SMILES string of the molecule is O=C1S/C(=C/c2c(OCc3ccc(Br)cc3)ccc3ccccc23)C(=O)N1c1ccccc1. The van der Waals surface area contributed by atoms with E-state index in [4.69, 9.17) is 4.74 Å². The lowest BCUT2D eigenvalue weighted by atomic mass is 10.0. The van der Waals surface area contributed by atoms with Crippen LogP contribution in [0.5, 0.6) is 5.75 Å². The number of anilines is 1. The second kappa shape index (κ2) is 9.25. The number of fused-ring (bicyclic) bond motifs is 1. The number of para-hydroxylation sites is 1. The van der Waals surface area contributed by atoms with Crippen LogP contribution in [0.3, 0.4) is 0 Å². The summed E-state index contributed by atoms with van der Waals surface area (Å²) in [4.78, 5) is 27.4. The van der Waals surface area contributed by atoms with Crippen LogP contribution in [0.4, 0.5) is 10.5 Å². The third-order valence-electron chi connectivity index (χ3n) is 5.32. The van der Waals surface area contributed by atoms with Gasteiger partial charge in [-0.05, 0) is 64.5 Å². The molecule has 0 spiro atoms. The normalized spacial score (nSPS) is 14.9. The Bertz CT molecular complexity index is 1380. The molecule has 1 fully saturated rings. The molecule has 0 N–H and O–H groups in total. The molecule has 0 radical (unpaired) electrons. The van der Waals surface area contributed by atoms with Crippen molar-refractivity contribution < 1.29 is 14.3 Å². The maximum absolute atomic E-state index is 13.2. The van der Waals surface area contributed by atoms with Crippen molar-refractivity contribution in [2.75, 3.05) is 4.90 Å². The number of hydrogen-bond donors (Lipinski definition) is 0. The zero-order chi connectivity index (χ0) is 22.8. The average Bonchev–Trinajstić information content (AvgIpc) is 3.12. The van der Waals surface area contributed by atoms with Gasteiger partial charge in [0.1, 0.15) is 12.4 Å². The van der Waals surface area contributed by atoms with E-state index in [1.807, 2.05) is 66.7 Å². The van der Waals surface area contributed by atoms with Crippen LogP contribution in [0, 0.1) is 0 Å². The first-order valence-electron chi connectivity index (χ1n) is 10.3. The first-order valence-corrected chi connectivity index (χ1v) is 11.9. The number of imide groups is 1. The number of ether oxygens (including phenoxy) is 1. The minimum Gasteiger partial charge on any atom is -0.488 e. The minimum absolute atomic E-state index is 0.310. The predicted octanol–water partition coefficient (Wildman–Crippen LogP) is 7.42. The van der Waals surface area contributed by atoms with Crippen molar-refractivity contribution in [2.45, 2.75) is 6.61 Å². The summed E-state index contributed by atoms with van der Waals surface area (Å²) in [5.41, 5.74) is 2.37. The molecule has 0 unspecified atom stereocenters. The summed E-state index contributed by atoms with van der Waals surface area (Å²) in [7, 11) is 0. The van der Waals surface area contributed by atoms with E-state index < -0.39 is 0 Å². The summed E-state index contributed by atoms with van der Waals surface area (Å²) >= 11 is 4.39. The summed E-state index contributed by atoms with van der Waals surface area (Å²) < 4.78 is 7.18. The fraction of sp³-hybridized carbons (Fsp3) is 0.0370. The van der Waals surface area contributed by atoms with Crippen molar-refractivity contribution in [2.24, 2.45) is 0 Å². The predicted molar refractivity (Wildman–Crippen MR) is 137 cm³/mol. The number of benzene rings is 4. The Morgan fingerprint density at radius 3 is 2.36 bits per heavy atom. The van der Waals surface area contributed by atoms with Crippen LogP contribution in [0.25, 0.3) is 16.8 Å². The Hall–Kier alpha value is -3.35. The smallest absolute Gasteiger partial charge is 0.298 e. The van der Waals surface area contributed by atoms with Crippen LogP contribution in [-0.2, 0) is 11.4 Å². The van der Waals surface area contributed by atoms with Crippen LogP contribution in [0.1, 0.15) is 11.1 Å². The van der Waals surface area contributed by atoms with Crippen molar-refractivity contribution in [1.82, 2.24) is 0 Å². The molecule has 4 nitrogen and oxygen atoms in total. The van der Waals surface area contributed by atoms with E-state index in [0.29, 0.717) is 22.9 Å². The van der Waals surface area contributed by atoms with Crippen molar-refractivity contribution in [3.63, 3.8) is 0 Å². The van der Waals surface area contributed by atoms with E-state index in [9.17, 15) is 9.59 Å². The van der Waals surface area contributed by atoms with E-state index in [1.165, 1.54) is 4.90 Å². The van der Waals surface area contributed by atoms with Crippen molar-refractivity contribution >= 4 is 61.4 Å². The Balaban J connectivity index is 1.53. The molecule has 0 saturated carbocycles. The molecule has 1 saturated heterocycles. The van der Waals surface area contributed by atoms with Crippen molar-refractivity contribution in [3.8, 4) is 5.75 Å². The Kier molecular flexibility index (Phi) is 6.03. The minimum atomic E-state index is -0.331. The van der Waals surface area contributed by atoms with Gasteiger partial charge in [-0.3, -0.25) is 9.59 Å². The summed E-state index contributed by atoms with van der Waals surface area (Å²) in [5, 5.41) is 1.68. The van der Waals surface area contributed by atoms with Gasteiger partial charge in [0.05, 0.1) is 10.6 Å². The Labute approximate surface area is 204 Å². The van der Waals surface area contributed by atoms with E-state index in [1.54, 1.807) is 30.3 Å². The molecule has 0 atom stereocenters. The lowest BCUT2D eigenvalue weighted by Gasteiger charge is -2.13. The molecule has 2 amide bonds. The standard InChI is InChI=1S/C27H18BrNO3S/c28-20-13-10-18(11-14-20)17-32-24-15-12-19-6-4-5-9-22(19)23(24)16-25-26(30)29(27(31)33-25)21-7-2-1-3-8-21/h1-16H,17H2/b25-16+. The first kappa shape index (κ1) is 21.5. The zero-order valence-corrected chi connectivity index (χ0v) is 19.8. The fourth-order valence-electron chi connectivity index (χ4n) is 3.69. The highest BCUT2D eigenvalue weighted by Gasteiger charge is 2.36. The molecule has 1 aliphatic rings. The summed E-state index contributed by atoms with van der Waals surface area (Å²) in [6.45, 7) is 0.387. The lowest BCUT2D eigenvalue weighted by molar-refractivity contribution is -0.113. The van der Waals surface area contributed by atoms with Crippen LogP contribution in [-0.4, -0.2) is 11.1 Å². The van der Waals surface area contributed by atoms with Crippen molar-refractivity contribution in [3.05, 3.63) is 112 Å². The third kappa shape index (κ3) is 4.45. The summed E-state index contributed by atoms with van der Waals surface area (Å²) in [6.07, 6.45) is 1.77. The quantitative estimate of drug-likeness (QED) is 0.259. The molecule has 0 aliphatic carbocycles. The Morgan fingerprint density at radius 1 is 0.848 bits per heavy atom. The third-order valence-corrected chi connectivity index (χ3v) is 6.72. The molecule has 1 aliphatic heterocycles. The maximum Gasteiger partial charge on any atom is 0.298 e. The van der Waals surface area contributed by atoms with Crippen LogP contribution in [0.2, 0.25) is 0 Å². The Morgan fingerprint density at radius 2 is 1.58 bits per heavy atom. The van der Waals surface area contributed by atoms with Gasteiger partial charge in [0.15, 0.2) is 0 Å². The highest BCUT2D eigenvalue weighted by molar-refractivity contribution is 9.10. The summed E-state index contributed by atoms with van der Waals surface area (Å²) in [5.74, 6) is 0.325. The zero-order valence-electron chi connectivity index (χ0n) is 17.4. The number of carbonyl (C=O) groups excluding carboxylic acids is 2. The monoisotopic (exact) mass is 515 g/mol. The van der Waals surface area contributed by atoms with Gasteiger partial charge in [-0.2, -0.15) is 0 Å². The van der Waals surface area contributed by atoms with Gasteiger partial charge >= 0.3 is 0 Å². The van der Waals surface area contributed by atoms with Crippen molar-refractivity contribution in [1.29, 1.82) is 0 Å². The van der Waals surface area contributed by atoms with Gasteiger partial charge in [0.25, 0.3) is 11.1 Å². The number of rotatable bonds is 5. The number of thioether (sulfide) groups is 1. The largest absolute Gasteiger partial charge is 0.488 e. The fourth-order valence-corrected chi connectivity index (χ4v) is 4.78. The van der Waals surface area contributed by atoms with Gasteiger partial charge in [-0.15, -0.1) is 0 Å². The molecule has 6 heteroatoms. The molecular weight excluding hydrogens is 498 g/mol. The lowest BCUT2D eigenvalue weighted by Crippen LogP contribution is -2.27. The van der Waals surface area contributed by atoms with E-state index in [-0.39, 0.29) is 11.1 Å². The van der Waals surface area contributed by atoms with Gasteiger partial charge in [-0.25, -0.2) is 4.90 Å². The number of nitrogens with zero attached hydrogens (tertiary/aromatic N) is 1. The van der Waals surface area contributed by atoms with Crippen LogP contribution >= 0.6 is 27.7 Å². The van der Waals surface area contributed by atoms with Gasteiger partial charge in [0, 0.05) is 10.0 Å². The molecule has 0 aromatic heterocycles. The molecule has 4 aromatic carbocycles. The average molecular weight is 516 g/mol. The van der Waals surface area contributed by atoms with E-state index in [2.05, 4.69) is 15.9 Å². The van der Waals surface area contributed by atoms with Crippen LogP contribution < -0.4 is 9.64 Å². The molecule has 162 valence electrons. The summed E-state index contributed by atoms with van der Waals surface area (Å²) in [6, 6.07) is 28.8. The van der Waals surface area contributed by atoms with Gasteiger partial charge < -0.3 is 4.74 Å². The maximum atomic E-state index is 13.2. The number of halogens is 1. The van der Waals surface area contributed by atoms with Gasteiger partial charge in [0.2, 0.25) is 0 Å². The topological polar surface area (TPSA) is 46.6 Å². The van der Waals surface area contributed by atoms with Gasteiger partial charge in [-0.1, -0.05) is 76.6 Å². The second-order valence-electron chi connectivity index (χ2n) is 7.47. The molecule has 0 bridgehead atoms. The van der Waals surface area contributed by atoms with E-state index in [0.717, 1.165) is 38.1 Å². The molecular formula is C27H18BrNO3S. The number of carbonyl (C=O) groups is 2. The first-order chi connectivity index (χ1) is 16.1. The molecule has 5 rings (SSSR count). The number of amides is 2. The molecule has 33 heavy (non-hydrogen) atoms. The second-order valence-corrected chi connectivity index (χ2v) is 9.38. The highest BCUT2D eigenvalue weighted by atomic mass is 79.9. The number of hydrogen-bond acceptors (Lipinski definition) is 4. The molecule has 4 aromatic rings. The van der Waals surface area contributed by atoms with Crippen LogP contribution in [0.15, 0.2) is 100 Å². The highest BCUT2D eigenvalue weighted by Crippen LogP contribution is 2.38. The van der Waals surface area contributed by atoms with E-state index >= 15 is 0 Å². The molecule has 1 heterocycles.